The van der Waals surface area contributed by atoms with Crippen LogP contribution in [0.4, 0.5) is 5.13 Å². The van der Waals surface area contributed by atoms with E-state index in [-0.39, 0.29) is 18.9 Å². The number of fused-ring (bicyclic) bond motifs is 1. The molecule has 2 aromatic heterocycles. The Labute approximate surface area is 187 Å². The highest BCUT2D eigenvalue weighted by atomic mass is 32.1. The number of thiazole rings is 1. The summed E-state index contributed by atoms with van der Waals surface area (Å²) in [4.78, 5) is 41.7. The molecule has 32 heavy (non-hydrogen) atoms. The number of rotatable bonds is 8. The van der Waals surface area contributed by atoms with E-state index >= 15 is 0 Å². The second-order valence-electron chi connectivity index (χ2n) is 6.92. The van der Waals surface area contributed by atoms with Gasteiger partial charge in [-0.1, -0.05) is 53.8 Å². The molecule has 0 unspecified atom stereocenters. The number of amides is 1. The average Bonchev–Trinajstić information content (AvgIpc) is 3.35. The molecule has 8 nitrogen and oxygen atoms in total. The standard InChI is InChI=1S/C23H21N3O5S/c1-2-30-21(28)20-19(15-9-4-3-5-10-15)25-22(32-20)24-18(27)13-8-14-26-16-11-6-7-12-17(16)31-23(26)29/h3-7,9-12H,2,8,13-14H2,1H3,(H,24,25,27). The molecule has 2 heterocycles. The van der Waals surface area contributed by atoms with Crippen LogP contribution in [0.3, 0.4) is 0 Å². The largest absolute Gasteiger partial charge is 0.462 e. The normalized spacial score (nSPS) is 10.9. The highest BCUT2D eigenvalue weighted by Crippen LogP contribution is 2.32. The summed E-state index contributed by atoms with van der Waals surface area (Å²) in [7, 11) is 0. The molecule has 0 aliphatic rings. The van der Waals surface area contributed by atoms with Crippen molar-refractivity contribution in [3.05, 3.63) is 70.0 Å². The van der Waals surface area contributed by atoms with E-state index in [0.29, 0.717) is 39.8 Å². The van der Waals surface area contributed by atoms with E-state index in [0.717, 1.165) is 16.9 Å². The van der Waals surface area contributed by atoms with Crippen LogP contribution in [0.15, 0.2) is 63.8 Å². The van der Waals surface area contributed by atoms with Crippen molar-refractivity contribution in [2.75, 3.05) is 11.9 Å². The Bertz CT molecular complexity index is 1310. The molecule has 0 atom stereocenters. The predicted octanol–water partition coefficient (Wildman–Crippen LogP) is 4.31. The fourth-order valence-electron chi connectivity index (χ4n) is 3.31. The molecule has 9 heteroatoms. The van der Waals surface area contributed by atoms with Gasteiger partial charge >= 0.3 is 11.7 Å². The van der Waals surface area contributed by atoms with Crippen LogP contribution in [0.25, 0.3) is 22.4 Å². The van der Waals surface area contributed by atoms with E-state index in [1.807, 2.05) is 36.4 Å². The van der Waals surface area contributed by atoms with Gasteiger partial charge in [0, 0.05) is 18.5 Å². The van der Waals surface area contributed by atoms with Gasteiger partial charge < -0.3 is 14.5 Å². The lowest BCUT2D eigenvalue weighted by molar-refractivity contribution is -0.116. The highest BCUT2D eigenvalue weighted by Gasteiger charge is 2.21. The van der Waals surface area contributed by atoms with E-state index in [1.54, 1.807) is 25.1 Å². The van der Waals surface area contributed by atoms with Gasteiger partial charge in [0.15, 0.2) is 10.7 Å². The first-order chi connectivity index (χ1) is 15.6. The number of esters is 1. The monoisotopic (exact) mass is 451 g/mol. The smallest absolute Gasteiger partial charge is 0.419 e. The van der Waals surface area contributed by atoms with E-state index in [2.05, 4.69) is 10.3 Å². The van der Waals surface area contributed by atoms with Gasteiger partial charge in [0.25, 0.3) is 0 Å². The van der Waals surface area contributed by atoms with Crippen LogP contribution in [0, 0.1) is 0 Å². The molecule has 164 valence electrons. The molecule has 4 rings (SSSR count). The lowest BCUT2D eigenvalue weighted by Crippen LogP contribution is -2.17. The zero-order chi connectivity index (χ0) is 22.5. The number of hydrogen-bond donors (Lipinski definition) is 1. The molecule has 0 fully saturated rings. The molecule has 2 aromatic carbocycles. The molecular weight excluding hydrogens is 430 g/mol. The summed E-state index contributed by atoms with van der Waals surface area (Å²) in [6.45, 7) is 2.33. The molecular formula is C23H21N3O5S. The number of nitrogens with one attached hydrogen (secondary N) is 1. The van der Waals surface area contributed by atoms with Crippen LogP contribution >= 0.6 is 11.3 Å². The number of hydrogen-bond acceptors (Lipinski definition) is 7. The Kier molecular flexibility index (Phi) is 6.46. The first-order valence-electron chi connectivity index (χ1n) is 10.2. The number of nitrogens with zero attached hydrogens (tertiary/aromatic N) is 2. The predicted molar refractivity (Wildman–Crippen MR) is 122 cm³/mol. The number of carbonyl (C=O) groups is 2. The minimum absolute atomic E-state index is 0.181. The summed E-state index contributed by atoms with van der Waals surface area (Å²) in [6.07, 6.45) is 0.623. The molecule has 0 aliphatic carbocycles. The molecule has 0 saturated heterocycles. The van der Waals surface area contributed by atoms with Crippen LogP contribution in [0.1, 0.15) is 29.4 Å². The quantitative estimate of drug-likeness (QED) is 0.400. The summed E-state index contributed by atoms with van der Waals surface area (Å²) >= 11 is 1.08. The van der Waals surface area contributed by atoms with E-state index < -0.39 is 11.7 Å². The first-order valence-corrected chi connectivity index (χ1v) is 11.0. The molecule has 0 spiro atoms. The molecule has 1 N–H and O–H groups in total. The fraction of sp³-hybridized carbons (Fsp3) is 0.217. The lowest BCUT2D eigenvalue weighted by atomic mass is 10.1. The lowest BCUT2D eigenvalue weighted by Gasteiger charge is -2.03. The van der Waals surface area contributed by atoms with Crippen LogP contribution < -0.4 is 11.1 Å². The molecule has 4 aromatic rings. The molecule has 1 amide bonds. The van der Waals surface area contributed by atoms with Crippen molar-refractivity contribution in [2.45, 2.75) is 26.3 Å². The van der Waals surface area contributed by atoms with Gasteiger partial charge in [0.2, 0.25) is 5.91 Å². The van der Waals surface area contributed by atoms with Crippen molar-refractivity contribution in [3.8, 4) is 11.3 Å². The summed E-state index contributed by atoms with van der Waals surface area (Å²) in [5.41, 5.74) is 2.45. The van der Waals surface area contributed by atoms with Crippen molar-refractivity contribution < 1.29 is 18.7 Å². The van der Waals surface area contributed by atoms with Crippen molar-refractivity contribution in [3.63, 3.8) is 0 Å². The van der Waals surface area contributed by atoms with Crippen LogP contribution in [-0.4, -0.2) is 28.0 Å². The minimum Gasteiger partial charge on any atom is -0.462 e. The maximum Gasteiger partial charge on any atom is 0.419 e. The summed E-state index contributed by atoms with van der Waals surface area (Å²) in [5, 5.41) is 3.07. The zero-order valence-electron chi connectivity index (χ0n) is 17.4. The minimum atomic E-state index is -0.476. The third kappa shape index (κ3) is 4.62. The maximum atomic E-state index is 12.5. The second kappa shape index (κ2) is 9.61. The summed E-state index contributed by atoms with van der Waals surface area (Å²) in [5.74, 6) is -1.18. The second-order valence-corrected chi connectivity index (χ2v) is 7.92. The number of para-hydroxylation sites is 2. The Balaban J connectivity index is 1.44. The number of aryl methyl sites for hydroxylation is 1. The van der Waals surface area contributed by atoms with Gasteiger partial charge in [-0.15, -0.1) is 0 Å². The number of ether oxygens (including phenoxy) is 1. The van der Waals surface area contributed by atoms with Gasteiger partial charge in [0.05, 0.1) is 17.8 Å². The molecule has 0 bridgehead atoms. The van der Waals surface area contributed by atoms with Crippen molar-refractivity contribution in [2.24, 2.45) is 0 Å². The third-order valence-corrected chi connectivity index (χ3v) is 5.69. The van der Waals surface area contributed by atoms with E-state index in [9.17, 15) is 14.4 Å². The zero-order valence-corrected chi connectivity index (χ0v) is 18.2. The SMILES string of the molecule is CCOC(=O)c1sc(NC(=O)CCCn2c(=O)oc3ccccc32)nc1-c1ccccc1. The van der Waals surface area contributed by atoms with E-state index in [4.69, 9.17) is 9.15 Å². The van der Waals surface area contributed by atoms with Crippen LogP contribution in [-0.2, 0) is 16.1 Å². The highest BCUT2D eigenvalue weighted by molar-refractivity contribution is 7.18. The topological polar surface area (TPSA) is 103 Å². The fourth-order valence-corrected chi connectivity index (χ4v) is 4.20. The Morgan fingerprint density at radius 2 is 1.88 bits per heavy atom. The van der Waals surface area contributed by atoms with Gasteiger partial charge in [-0.3, -0.25) is 9.36 Å². The maximum absolute atomic E-state index is 12.5. The van der Waals surface area contributed by atoms with Gasteiger partial charge in [-0.25, -0.2) is 14.6 Å². The molecule has 0 aliphatic heterocycles. The van der Waals surface area contributed by atoms with E-state index in [1.165, 1.54) is 4.57 Å². The first kappa shape index (κ1) is 21.5. The van der Waals surface area contributed by atoms with Gasteiger partial charge in [-0.2, -0.15) is 0 Å². The number of aromatic nitrogens is 2. The molecule has 0 saturated carbocycles. The molecule has 0 radical (unpaired) electrons. The van der Waals surface area contributed by atoms with Crippen LogP contribution in [0.2, 0.25) is 0 Å². The Morgan fingerprint density at radius 3 is 2.66 bits per heavy atom. The van der Waals surface area contributed by atoms with Gasteiger partial charge in [0.1, 0.15) is 4.88 Å². The summed E-state index contributed by atoms with van der Waals surface area (Å²) < 4.78 is 11.9. The number of benzene rings is 2. The summed E-state index contributed by atoms with van der Waals surface area (Å²) in [6, 6.07) is 16.4. The Morgan fingerprint density at radius 1 is 1.12 bits per heavy atom. The number of carbonyl (C=O) groups excluding carboxylic acids is 2. The van der Waals surface area contributed by atoms with Crippen molar-refractivity contribution in [1.29, 1.82) is 0 Å². The van der Waals surface area contributed by atoms with Crippen molar-refractivity contribution >= 4 is 39.4 Å². The van der Waals surface area contributed by atoms with Gasteiger partial charge in [-0.05, 0) is 25.5 Å². The Hall–Kier alpha value is -3.72. The number of oxazole rings is 1. The number of anilines is 1. The van der Waals surface area contributed by atoms with Crippen LogP contribution in [0.5, 0.6) is 0 Å². The third-order valence-electron chi connectivity index (χ3n) is 4.74. The average molecular weight is 452 g/mol. The van der Waals surface area contributed by atoms with Crippen molar-refractivity contribution in [1.82, 2.24) is 9.55 Å².